The van der Waals surface area contributed by atoms with Gasteiger partial charge in [-0.25, -0.2) is 0 Å². The van der Waals surface area contributed by atoms with Crippen molar-refractivity contribution in [3.05, 3.63) is 83.4 Å². The Kier molecular flexibility index (Phi) is 7.49. The summed E-state index contributed by atoms with van der Waals surface area (Å²) in [5.74, 6) is -0.282. The van der Waals surface area contributed by atoms with Gasteiger partial charge in [0.15, 0.2) is 0 Å². The number of aliphatic carboxylic acids is 1. The van der Waals surface area contributed by atoms with Gasteiger partial charge in [0.1, 0.15) is 12.4 Å². The average molecular weight is 501 g/mol. The first-order chi connectivity index (χ1) is 17.9. The maximum atomic E-state index is 11.3. The van der Waals surface area contributed by atoms with Crippen LogP contribution in [0.2, 0.25) is 0 Å². The number of nitrogens with two attached hydrogens (primary N) is 1. The van der Waals surface area contributed by atoms with Crippen molar-refractivity contribution in [2.45, 2.75) is 51.2 Å². The monoisotopic (exact) mass is 500 g/mol. The molecule has 1 spiro atoms. The Bertz CT molecular complexity index is 1250. The zero-order valence-corrected chi connectivity index (χ0v) is 21.2. The molecule has 2 fully saturated rings. The highest BCUT2D eigenvalue weighted by molar-refractivity contribution is 5.72. The lowest BCUT2D eigenvalue weighted by Crippen LogP contribution is -2.25. The highest BCUT2D eigenvalue weighted by Crippen LogP contribution is 2.46. The molecule has 3 aromatic rings. The number of hydrogen-bond acceptors (Lipinski definition) is 5. The smallest absolute Gasteiger partial charge is 0.307 e. The van der Waals surface area contributed by atoms with Crippen LogP contribution >= 0.6 is 0 Å². The number of carboxylic acids is 1. The van der Waals surface area contributed by atoms with Crippen molar-refractivity contribution in [2.75, 3.05) is 24.6 Å². The molecule has 3 aromatic carbocycles. The number of hydrogen-bond donors (Lipinski definition) is 3. The maximum Gasteiger partial charge on any atom is 0.307 e. The molecule has 0 bridgehead atoms. The van der Waals surface area contributed by atoms with Gasteiger partial charge in [0.2, 0.25) is 0 Å². The fourth-order valence-corrected chi connectivity index (χ4v) is 5.96. The number of benzene rings is 3. The average Bonchev–Trinajstić information content (AvgIpc) is 3.56. The number of carbonyl (C=O) groups is 1. The highest BCUT2D eigenvalue weighted by Gasteiger charge is 2.40. The molecule has 1 aliphatic heterocycles. The molecule has 194 valence electrons. The maximum absolute atomic E-state index is 11.3. The Balaban J connectivity index is 1.46. The zero-order chi connectivity index (χ0) is 25.8. The Labute approximate surface area is 218 Å². The van der Waals surface area contributed by atoms with Gasteiger partial charge in [-0.05, 0) is 77.3 Å². The summed E-state index contributed by atoms with van der Waals surface area (Å²) in [6.07, 6.45) is 6.48. The molecule has 1 aliphatic carbocycles. The van der Waals surface area contributed by atoms with E-state index in [0.717, 1.165) is 35.3 Å². The van der Waals surface area contributed by atoms with E-state index >= 15 is 0 Å². The summed E-state index contributed by atoms with van der Waals surface area (Å²) >= 11 is 0. The van der Waals surface area contributed by atoms with Gasteiger partial charge < -0.3 is 25.6 Å². The lowest BCUT2D eigenvalue weighted by molar-refractivity contribution is -0.136. The number of ether oxygens (including phenoxy) is 1. The van der Waals surface area contributed by atoms with E-state index in [4.69, 9.17) is 10.5 Å². The molecule has 6 nitrogen and oxygen atoms in total. The molecular weight excluding hydrogens is 464 g/mol. The number of anilines is 1. The molecule has 0 amide bonds. The first-order valence-corrected chi connectivity index (χ1v) is 13.2. The number of aliphatic hydroxyl groups is 1. The largest absolute Gasteiger partial charge is 0.489 e. The van der Waals surface area contributed by atoms with Gasteiger partial charge >= 0.3 is 5.97 Å². The number of aliphatic hydroxyl groups excluding tert-OH is 1. The molecule has 1 heterocycles. The Hall–Kier alpha value is -3.35. The number of carboxylic acid groups (broad SMARTS) is 1. The van der Waals surface area contributed by atoms with Crippen LogP contribution in [0.1, 0.15) is 54.8 Å². The molecule has 4 N–H and O–H groups in total. The van der Waals surface area contributed by atoms with Gasteiger partial charge in [0, 0.05) is 24.3 Å². The van der Waals surface area contributed by atoms with Crippen molar-refractivity contribution < 1.29 is 19.7 Å². The molecular formula is C31H36N2O4. The number of nitrogens with zero attached hydrogens (tertiary/aromatic N) is 1. The van der Waals surface area contributed by atoms with Crippen molar-refractivity contribution in [1.82, 2.24) is 0 Å². The summed E-state index contributed by atoms with van der Waals surface area (Å²) in [6, 6.07) is 21.5. The third kappa shape index (κ3) is 5.81. The second kappa shape index (κ2) is 11.0. The van der Waals surface area contributed by atoms with E-state index in [1.165, 1.54) is 37.8 Å². The van der Waals surface area contributed by atoms with Crippen molar-refractivity contribution in [3.63, 3.8) is 0 Å². The van der Waals surface area contributed by atoms with Gasteiger partial charge in [-0.15, -0.1) is 0 Å². The second-order valence-electron chi connectivity index (χ2n) is 10.6. The van der Waals surface area contributed by atoms with Crippen LogP contribution in [0.4, 0.5) is 5.69 Å². The number of rotatable bonds is 9. The minimum Gasteiger partial charge on any atom is -0.489 e. The molecule has 1 atom stereocenters. The van der Waals surface area contributed by atoms with Gasteiger partial charge in [0.25, 0.3) is 0 Å². The minimum atomic E-state index is -0.879. The first-order valence-electron chi connectivity index (χ1n) is 13.2. The van der Waals surface area contributed by atoms with Gasteiger partial charge in [-0.2, -0.15) is 0 Å². The van der Waals surface area contributed by atoms with E-state index in [2.05, 4.69) is 35.2 Å². The lowest BCUT2D eigenvalue weighted by Gasteiger charge is -2.25. The Morgan fingerprint density at radius 2 is 1.81 bits per heavy atom. The normalized spacial score (nSPS) is 17.3. The predicted molar refractivity (Wildman–Crippen MR) is 146 cm³/mol. The van der Waals surface area contributed by atoms with Crippen LogP contribution in [-0.4, -0.2) is 35.9 Å². The SMILES string of the molecule is NC(CO)c1cccc(-c2cc(COc3ccccc3CC(=O)O)cc(N3CCC4(CCCC4)C3)c2)c1. The van der Waals surface area contributed by atoms with Gasteiger partial charge in [-0.1, -0.05) is 49.2 Å². The van der Waals surface area contributed by atoms with Crippen LogP contribution in [0.15, 0.2) is 66.7 Å². The highest BCUT2D eigenvalue weighted by atomic mass is 16.5. The Morgan fingerprint density at radius 1 is 1.00 bits per heavy atom. The van der Waals surface area contributed by atoms with Crippen molar-refractivity contribution in [3.8, 4) is 16.9 Å². The standard InChI is InChI=1S/C31H36N2O4/c32-28(19-34)24-8-5-7-23(16-24)26-14-22(20-37-29-9-2-1-6-25(29)18-30(35)36)15-27(17-26)33-13-12-31(21-33)10-3-4-11-31/h1-2,5-9,14-17,28,34H,3-4,10-13,18-21,32H2,(H,35,36). The fourth-order valence-electron chi connectivity index (χ4n) is 5.96. The van der Waals surface area contributed by atoms with Crippen LogP contribution in [-0.2, 0) is 17.8 Å². The van der Waals surface area contributed by atoms with Gasteiger partial charge in [0.05, 0.1) is 19.1 Å². The Morgan fingerprint density at radius 3 is 2.59 bits per heavy atom. The molecule has 0 aromatic heterocycles. The lowest BCUT2D eigenvalue weighted by atomic mass is 9.86. The van der Waals surface area contributed by atoms with Gasteiger partial charge in [-0.3, -0.25) is 4.79 Å². The fraction of sp³-hybridized carbons (Fsp3) is 0.387. The molecule has 1 unspecified atom stereocenters. The molecule has 1 saturated carbocycles. The third-order valence-corrected chi connectivity index (χ3v) is 8.00. The molecule has 37 heavy (non-hydrogen) atoms. The van der Waals surface area contributed by atoms with E-state index in [1.54, 1.807) is 6.07 Å². The van der Waals surface area contributed by atoms with E-state index in [9.17, 15) is 15.0 Å². The second-order valence-corrected chi connectivity index (χ2v) is 10.6. The topological polar surface area (TPSA) is 96.0 Å². The van der Waals surface area contributed by atoms with E-state index in [-0.39, 0.29) is 13.0 Å². The minimum absolute atomic E-state index is 0.0742. The first kappa shape index (κ1) is 25.3. The van der Waals surface area contributed by atoms with Crippen LogP contribution in [0, 0.1) is 5.41 Å². The number of para-hydroxylation sites is 1. The van der Waals surface area contributed by atoms with E-state index < -0.39 is 12.0 Å². The molecule has 5 rings (SSSR count). The van der Waals surface area contributed by atoms with E-state index in [1.807, 2.05) is 30.3 Å². The molecule has 1 saturated heterocycles. The zero-order valence-electron chi connectivity index (χ0n) is 21.2. The summed E-state index contributed by atoms with van der Waals surface area (Å²) in [5, 5.41) is 18.8. The molecule has 6 heteroatoms. The van der Waals surface area contributed by atoms with Crippen molar-refractivity contribution in [2.24, 2.45) is 11.1 Å². The molecule has 2 aliphatic rings. The van der Waals surface area contributed by atoms with Crippen molar-refractivity contribution >= 4 is 11.7 Å². The summed E-state index contributed by atoms with van der Waals surface area (Å²) in [7, 11) is 0. The molecule has 0 radical (unpaired) electrons. The summed E-state index contributed by atoms with van der Waals surface area (Å²) < 4.78 is 6.17. The van der Waals surface area contributed by atoms with Crippen LogP contribution in [0.3, 0.4) is 0 Å². The summed E-state index contributed by atoms with van der Waals surface area (Å²) in [6.45, 7) is 2.38. The predicted octanol–water partition coefficient (Wildman–Crippen LogP) is 5.32. The third-order valence-electron chi connectivity index (χ3n) is 8.00. The summed E-state index contributed by atoms with van der Waals surface area (Å²) in [5.41, 5.74) is 12.5. The summed E-state index contributed by atoms with van der Waals surface area (Å²) in [4.78, 5) is 13.8. The van der Waals surface area contributed by atoms with E-state index in [0.29, 0.717) is 23.3 Å². The van der Waals surface area contributed by atoms with Crippen LogP contribution in [0.25, 0.3) is 11.1 Å². The van der Waals surface area contributed by atoms with Crippen LogP contribution in [0.5, 0.6) is 5.75 Å². The van der Waals surface area contributed by atoms with Crippen LogP contribution < -0.4 is 15.4 Å². The quantitative estimate of drug-likeness (QED) is 0.368. The van der Waals surface area contributed by atoms with Crippen molar-refractivity contribution in [1.29, 1.82) is 0 Å².